The molecule has 0 aliphatic heterocycles. The van der Waals surface area contributed by atoms with E-state index in [0.717, 1.165) is 0 Å². The van der Waals surface area contributed by atoms with E-state index < -0.39 is 16.7 Å². The molecule has 0 unspecified atom stereocenters. The minimum atomic E-state index is -0.543. The Kier molecular flexibility index (Phi) is 6.35. The molecule has 25 heavy (non-hydrogen) atoms. The minimum Gasteiger partial charge on any atom is -0.484 e. The lowest BCUT2D eigenvalue weighted by molar-refractivity contribution is -0.384. The molecule has 9 heteroatoms. The van der Waals surface area contributed by atoms with E-state index in [1.165, 1.54) is 36.0 Å². The Hall–Kier alpha value is -3.07. The highest BCUT2D eigenvalue weighted by molar-refractivity contribution is 8.00. The Morgan fingerprint density at radius 2 is 1.96 bits per heavy atom. The number of hydrogen-bond donors (Lipinski definition) is 2. The molecule has 0 aromatic heterocycles. The number of non-ortho nitro benzene ring substituents is 1. The molecule has 130 valence electrons. The van der Waals surface area contributed by atoms with Crippen molar-refractivity contribution < 1.29 is 19.2 Å². The van der Waals surface area contributed by atoms with Crippen LogP contribution in [0.3, 0.4) is 0 Å². The molecule has 0 aliphatic rings. The van der Waals surface area contributed by atoms with Crippen LogP contribution < -0.4 is 15.8 Å². The molecule has 3 N–H and O–H groups in total. The van der Waals surface area contributed by atoms with E-state index in [1.54, 1.807) is 24.3 Å². The molecule has 0 bridgehead atoms. The van der Waals surface area contributed by atoms with Crippen LogP contribution in [-0.4, -0.2) is 29.1 Å². The van der Waals surface area contributed by atoms with E-state index in [9.17, 15) is 19.7 Å². The first-order chi connectivity index (χ1) is 12.0. The maximum atomic E-state index is 12.0. The number of hydrogen-bond acceptors (Lipinski definition) is 6. The maximum Gasteiger partial charge on any atom is 0.273 e. The smallest absolute Gasteiger partial charge is 0.273 e. The fraction of sp³-hybridized carbons (Fsp3) is 0.125. The van der Waals surface area contributed by atoms with E-state index in [0.29, 0.717) is 10.6 Å². The van der Waals surface area contributed by atoms with Gasteiger partial charge in [0, 0.05) is 11.0 Å². The van der Waals surface area contributed by atoms with Crippen molar-refractivity contribution in [2.45, 2.75) is 4.90 Å². The standard InChI is InChI=1S/C16H15N3O5S/c17-15(20)10-25-14-7-2-1-6-13(14)18-16(21)9-24-12-5-3-4-11(8-12)19(22)23/h1-8H,9-10H2,(H2,17,20)(H,18,21). The number of nitrogens with zero attached hydrogens (tertiary/aromatic N) is 1. The molecule has 0 heterocycles. The SMILES string of the molecule is NC(=O)CSc1ccccc1NC(=O)COc1cccc([N+](=O)[O-])c1. The van der Waals surface area contributed by atoms with Crippen LogP contribution >= 0.6 is 11.8 Å². The number of carbonyl (C=O) groups is 2. The molecule has 2 aromatic rings. The first-order valence-electron chi connectivity index (χ1n) is 7.13. The summed E-state index contributed by atoms with van der Waals surface area (Å²) in [6.07, 6.45) is 0. The van der Waals surface area contributed by atoms with Gasteiger partial charge in [-0.1, -0.05) is 18.2 Å². The molecule has 2 rings (SSSR count). The second-order valence-electron chi connectivity index (χ2n) is 4.84. The molecule has 0 atom stereocenters. The van der Waals surface area contributed by atoms with E-state index in [4.69, 9.17) is 10.5 Å². The van der Waals surface area contributed by atoms with Crippen molar-refractivity contribution in [3.8, 4) is 5.75 Å². The van der Waals surface area contributed by atoms with Crippen molar-refractivity contribution in [1.29, 1.82) is 0 Å². The summed E-state index contributed by atoms with van der Waals surface area (Å²) in [6.45, 7) is -0.310. The zero-order chi connectivity index (χ0) is 18.2. The fourth-order valence-electron chi connectivity index (χ4n) is 1.87. The number of nitrogens with one attached hydrogen (secondary N) is 1. The summed E-state index contributed by atoms with van der Waals surface area (Å²) in [5.41, 5.74) is 5.53. The van der Waals surface area contributed by atoms with Gasteiger partial charge in [0.15, 0.2) is 6.61 Å². The number of nitro benzene ring substituents is 1. The van der Waals surface area contributed by atoms with Crippen LogP contribution in [0, 0.1) is 10.1 Å². The molecule has 0 spiro atoms. The second-order valence-corrected chi connectivity index (χ2v) is 5.86. The quantitative estimate of drug-likeness (QED) is 0.422. The average Bonchev–Trinajstić information content (AvgIpc) is 2.59. The monoisotopic (exact) mass is 361 g/mol. The summed E-state index contributed by atoms with van der Waals surface area (Å²) in [4.78, 5) is 33.8. The predicted octanol–water partition coefficient (Wildman–Crippen LogP) is 2.19. The number of carbonyl (C=O) groups excluding carboxylic acids is 2. The summed E-state index contributed by atoms with van der Waals surface area (Å²) >= 11 is 1.21. The fourth-order valence-corrected chi connectivity index (χ4v) is 2.61. The average molecular weight is 361 g/mol. The third-order valence-electron chi connectivity index (χ3n) is 2.93. The molecule has 0 fully saturated rings. The summed E-state index contributed by atoms with van der Waals surface area (Å²) < 4.78 is 5.27. The lowest BCUT2D eigenvalue weighted by atomic mass is 10.3. The number of anilines is 1. The van der Waals surface area contributed by atoms with Crippen LogP contribution in [-0.2, 0) is 9.59 Å². The number of thioether (sulfide) groups is 1. The number of ether oxygens (including phenoxy) is 1. The minimum absolute atomic E-state index is 0.0943. The molecule has 2 amide bonds. The van der Waals surface area contributed by atoms with Gasteiger partial charge in [0.1, 0.15) is 5.75 Å². The van der Waals surface area contributed by atoms with E-state index in [1.807, 2.05) is 0 Å². The van der Waals surface area contributed by atoms with Crippen molar-refractivity contribution in [1.82, 2.24) is 0 Å². The van der Waals surface area contributed by atoms with Gasteiger partial charge < -0.3 is 15.8 Å². The number of nitrogens with two attached hydrogens (primary N) is 1. The first kappa shape index (κ1) is 18.3. The van der Waals surface area contributed by atoms with Crippen molar-refractivity contribution in [2.75, 3.05) is 17.7 Å². The zero-order valence-electron chi connectivity index (χ0n) is 13.0. The Labute approximate surface area is 147 Å². The van der Waals surface area contributed by atoms with Crippen LogP contribution in [0.15, 0.2) is 53.4 Å². The van der Waals surface area contributed by atoms with Crippen molar-refractivity contribution in [3.63, 3.8) is 0 Å². The Bertz CT molecular complexity index is 797. The molecule has 0 saturated heterocycles. The van der Waals surface area contributed by atoms with Crippen LogP contribution in [0.1, 0.15) is 0 Å². The van der Waals surface area contributed by atoms with Gasteiger partial charge in [0.05, 0.1) is 22.4 Å². The predicted molar refractivity (Wildman–Crippen MR) is 93.6 cm³/mol. The van der Waals surface area contributed by atoms with Gasteiger partial charge in [-0.05, 0) is 18.2 Å². The molecule has 0 aliphatic carbocycles. The number of nitro groups is 1. The van der Waals surface area contributed by atoms with Gasteiger partial charge in [-0.15, -0.1) is 11.8 Å². The molecule has 0 radical (unpaired) electrons. The number of amides is 2. The normalized spacial score (nSPS) is 10.1. The van der Waals surface area contributed by atoms with Crippen molar-refractivity contribution >= 4 is 35.0 Å². The topological polar surface area (TPSA) is 125 Å². The summed E-state index contributed by atoms with van der Waals surface area (Å²) in [5.74, 6) is -0.573. The lowest BCUT2D eigenvalue weighted by Crippen LogP contribution is -2.20. The van der Waals surface area contributed by atoms with Crippen LogP contribution in [0.5, 0.6) is 5.75 Å². The van der Waals surface area contributed by atoms with E-state index >= 15 is 0 Å². The molecular weight excluding hydrogens is 346 g/mol. The first-order valence-corrected chi connectivity index (χ1v) is 8.11. The number of para-hydroxylation sites is 1. The van der Waals surface area contributed by atoms with Gasteiger partial charge in [0.2, 0.25) is 5.91 Å². The van der Waals surface area contributed by atoms with Gasteiger partial charge in [-0.2, -0.15) is 0 Å². The highest BCUT2D eigenvalue weighted by Gasteiger charge is 2.10. The van der Waals surface area contributed by atoms with Gasteiger partial charge in [-0.25, -0.2) is 0 Å². The molecule has 8 nitrogen and oxygen atoms in total. The molecule has 2 aromatic carbocycles. The highest BCUT2D eigenvalue weighted by atomic mass is 32.2. The second kappa shape index (κ2) is 8.69. The highest BCUT2D eigenvalue weighted by Crippen LogP contribution is 2.26. The molecule has 0 saturated carbocycles. The lowest BCUT2D eigenvalue weighted by Gasteiger charge is -2.11. The largest absolute Gasteiger partial charge is 0.484 e. The van der Waals surface area contributed by atoms with Crippen molar-refractivity contribution in [2.24, 2.45) is 5.73 Å². The summed E-state index contributed by atoms with van der Waals surface area (Å²) in [7, 11) is 0. The van der Waals surface area contributed by atoms with E-state index in [2.05, 4.69) is 5.32 Å². The van der Waals surface area contributed by atoms with Gasteiger partial charge in [0.25, 0.3) is 11.6 Å². The third-order valence-corrected chi connectivity index (χ3v) is 4.03. The number of primary amides is 1. The number of benzene rings is 2. The Balaban J connectivity index is 1.95. The summed E-state index contributed by atoms with van der Waals surface area (Å²) in [5, 5.41) is 13.4. The number of rotatable bonds is 8. The van der Waals surface area contributed by atoms with Crippen LogP contribution in [0.2, 0.25) is 0 Å². The van der Waals surface area contributed by atoms with E-state index in [-0.39, 0.29) is 23.8 Å². The van der Waals surface area contributed by atoms with Gasteiger partial charge >= 0.3 is 0 Å². The maximum absolute atomic E-state index is 12.0. The van der Waals surface area contributed by atoms with Crippen LogP contribution in [0.4, 0.5) is 11.4 Å². The molecular formula is C16H15N3O5S. The van der Waals surface area contributed by atoms with Crippen LogP contribution in [0.25, 0.3) is 0 Å². The van der Waals surface area contributed by atoms with Crippen molar-refractivity contribution in [3.05, 3.63) is 58.6 Å². The summed E-state index contributed by atoms with van der Waals surface area (Å²) in [6, 6.07) is 12.5. The zero-order valence-corrected chi connectivity index (χ0v) is 13.8. The Morgan fingerprint density at radius 3 is 2.68 bits per heavy atom. The Morgan fingerprint density at radius 1 is 1.20 bits per heavy atom. The third kappa shape index (κ3) is 5.81. The van der Waals surface area contributed by atoms with Gasteiger partial charge in [-0.3, -0.25) is 19.7 Å².